The number of amides is 1. The van der Waals surface area contributed by atoms with E-state index in [2.05, 4.69) is 5.32 Å². The number of ether oxygens (including phenoxy) is 1. The van der Waals surface area contributed by atoms with Crippen LogP contribution in [0.4, 0.5) is 5.00 Å². The highest BCUT2D eigenvalue weighted by molar-refractivity contribution is 7.89. The molecule has 0 bridgehead atoms. The number of rotatable bonds is 6. The van der Waals surface area contributed by atoms with Crippen LogP contribution in [0.1, 0.15) is 57.8 Å². The van der Waals surface area contributed by atoms with Crippen LogP contribution in [-0.2, 0) is 14.8 Å². The van der Waals surface area contributed by atoms with Crippen LogP contribution in [-0.4, -0.2) is 44.3 Å². The molecule has 1 N–H and O–H groups in total. The largest absolute Gasteiger partial charge is 0.462 e. The standard InChI is InChI=1S/C22H28N2O5S2/c1-5-29-22(26)19-15(3)16(4)30-21(19)23-20(25)17-8-10-18(11-9-17)31(27,28)24-12-6-7-14(2)13-24/h8-11,14H,5-7,12-13H2,1-4H3,(H,23,25). The molecule has 1 amide bonds. The molecule has 31 heavy (non-hydrogen) atoms. The summed E-state index contributed by atoms with van der Waals surface area (Å²) >= 11 is 1.31. The van der Waals surface area contributed by atoms with E-state index in [1.165, 1.54) is 39.9 Å². The number of benzene rings is 1. The van der Waals surface area contributed by atoms with Crippen LogP contribution in [0.2, 0.25) is 0 Å². The van der Waals surface area contributed by atoms with Gasteiger partial charge in [-0.05, 0) is 69.4 Å². The average Bonchev–Trinajstić information content (AvgIpc) is 3.01. The number of carbonyl (C=O) groups is 2. The third kappa shape index (κ3) is 4.99. The molecule has 1 fully saturated rings. The third-order valence-electron chi connectivity index (χ3n) is 5.47. The van der Waals surface area contributed by atoms with E-state index in [-0.39, 0.29) is 11.5 Å². The topological polar surface area (TPSA) is 92.8 Å². The van der Waals surface area contributed by atoms with E-state index in [1.54, 1.807) is 6.92 Å². The molecule has 9 heteroatoms. The van der Waals surface area contributed by atoms with Gasteiger partial charge in [-0.2, -0.15) is 4.31 Å². The Kier molecular flexibility index (Phi) is 7.18. The molecule has 0 spiro atoms. The summed E-state index contributed by atoms with van der Waals surface area (Å²) in [6.07, 6.45) is 1.88. The lowest BCUT2D eigenvalue weighted by molar-refractivity contribution is 0.0527. The van der Waals surface area contributed by atoms with Crippen molar-refractivity contribution in [2.24, 2.45) is 5.92 Å². The van der Waals surface area contributed by atoms with Crippen molar-refractivity contribution in [3.05, 3.63) is 45.8 Å². The van der Waals surface area contributed by atoms with E-state index in [1.807, 2.05) is 20.8 Å². The predicted octanol–water partition coefficient (Wildman–Crippen LogP) is 4.21. The minimum atomic E-state index is -3.58. The van der Waals surface area contributed by atoms with Gasteiger partial charge in [-0.3, -0.25) is 4.79 Å². The molecule has 0 saturated carbocycles. The van der Waals surface area contributed by atoms with Crippen LogP contribution < -0.4 is 5.32 Å². The summed E-state index contributed by atoms with van der Waals surface area (Å²) in [4.78, 5) is 26.2. The monoisotopic (exact) mass is 464 g/mol. The first-order chi connectivity index (χ1) is 14.6. The third-order valence-corrected chi connectivity index (χ3v) is 8.47. The molecule has 1 saturated heterocycles. The van der Waals surface area contributed by atoms with Crippen molar-refractivity contribution in [1.82, 2.24) is 4.31 Å². The molecule has 1 aromatic heterocycles. The van der Waals surface area contributed by atoms with Crippen molar-refractivity contribution >= 4 is 38.2 Å². The Bertz CT molecular complexity index is 1070. The zero-order chi connectivity index (χ0) is 22.8. The zero-order valence-corrected chi connectivity index (χ0v) is 19.9. The SMILES string of the molecule is CCOC(=O)c1c(NC(=O)c2ccc(S(=O)(=O)N3CCCC(C)C3)cc2)sc(C)c1C. The van der Waals surface area contributed by atoms with Crippen LogP contribution in [0.3, 0.4) is 0 Å². The van der Waals surface area contributed by atoms with Gasteiger partial charge in [0.05, 0.1) is 17.1 Å². The molecule has 1 aliphatic heterocycles. The van der Waals surface area contributed by atoms with Gasteiger partial charge >= 0.3 is 5.97 Å². The molecule has 168 valence electrons. The van der Waals surface area contributed by atoms with Gasteiger partial charge in [0.15, 0.2) is 0 Å². The fourth-order valence-electron chi connectivity index (χ4n) is 3.63. The minimum Gasteiger partial charge on any atom is -0.462 e. The van der Waals surface area contributed by atoms with Crippen LogP contribution in [0.5, 0.6) is 0 Å². The molecule has 0 radical (unpaired) electrons. The van der Waals surface area contributed by atoms with Crippen molar-refractivity contribution in [2.45, 2.75) is 45.4 Å². The highest BCUT2D eigenvalue weighted by Gasteiger charge is 2.29. The maximum absolute atomic E-state index is 12.9. The lowest BCUT2D eigenvalue weighted by atomic mass is 10.0. The van der Waals surface area contributed by atoms with Gasteiger partial charge in [-0.1, -0.05) is 6.92 Å². The number of nitrogens with zero attached hydrogens (tertiary/aromatic N) is 1. The number of carbonyl (C=O) groups excluding carboxylic acids is 2. The number of hydrogen-bond donors (Lipinski definition) is 1. The number of piperidine rings is 1. The Morgan fingerprint density at radius 2 is 1.90 bits per heavy atom. The van der Waals surface area contributed by atoms with Gasteiger partial charge < -0.3 is 10.1 Å². The summed E-state index contributed by atoms with van der Waals surface area (Å²) in [5.41, 5.74) is 1.44. The highest BCUT2D eigenvalue weighted by atomic mass is 32.2. The van der Waals surface area contributed by atoms with Crippen molar-refractivity contribution in [1.29, 1.82) is 0 Å². The molecular formula is C22H28N2O5S2. The number of thiophene rings is 1. The van der Waals surface area contributed by atoms with Gasteiger partial charge in [0, 0.05) is 23.5 Å². The summed E-state index contributed by atoms with van der Waals surface area (Å²) in [7, 11) is -3.58. The molecule has 2 aromatic rings. The van der Waals surface area contributed by atoms with Crippen molar-refractivity contribution in [2.75, 3.05) is 25.0 Å². The fourth-order valence-corrected chi connectivity index (χ4v) is 6.27. The quantitative estimate of drug-likeness (QED) is 0.647. The van der Waals surface area contributed by atoms with Crippen LogP contribution >= 0.6 is 11.3 Å². The molecular weight excluding hydrogens is 436 g/mol. The number of hydrogen-bond acceptors (Lipinski definition) is 6. The van der Waals surface area contributed by atoms with E-state index < -0.39 is 21.9 Å². The number of anilines is 1. The Morgan fingerprint density at radius 1 is 1.23 bits per heavy atom. The van der Waals surface area contributed by atoms with Gasteiger partial charge in [-0.15, -0.1) is 11.3 Å². The molecule has 1 atom stereocenters. The van der Waals surface area contributed by atoms with Gasteiger partial charge in [0.2, 0.25) is 10.0 Å². The Balaban J connectivity index is 1.79. The molecule has 1 unspecified atom stereocenters. The van der Waals surface area contributed by atoms with Crippen molar-refractivity contribution in [3.63, 3.8) is 0 Å². The maximum atomic E-state index is 12.9. The first-order valence-corrected chi connectivity index (χ1v) is 12.6. The maximum Gasteiger partial charge on any atom is 0.341 e. The minimum absolute atomic E-state index is 0.174. The van der Waals surface area contributed by atoms with E-state index >= 15 is 0 Å². The van der Waals surface area contributed by atoms with Gasteiger partial charge in [-0.25, -0.2) is 13.2 Å². The molecule has 1 aromatic carbocycles. The Morgan fingerprint density at radius 3 is 2.52 bits per heavy atom. The second kappa shape index (κ2) is 9.50. The smallest absolute Gasteiger partial charge is 0.341 e. The fraction of sp³-hybridized carbons (Fsp3) is 0.455. The Labute approximate surface area is 187 Å². The summed E-state index contributed by atoms with van der Waals surface area (Å²) in [6, 6.07) is 5.90. The molecule has 7 nitrogen and oxygen atoms in total. The van der Waals surface area contributed by atoms with Crippen LogP contribution in [0, 0.1) is 19.8 Å². The lowest BCUT2D eigenvalue weighted by Gasteiger charge is -2.30. The van der Waals surface area contributed by atoms with Crippen molar-refractivity contribution < 1.29 is 22.7 Å². The normalized spacial score (nSPS) is 17.4. The van der Waals surface area contributed by atoms with E-state index in [0.29, 0.717) is 35.1 Å². The summed E-state index contributed by atoms with van der Waals surface area (Å²) < 4.78 is 32.4. The highest BCUT2D eigenvalue weighted by Crippen LogP contribution is 2.33. The van der Waals surface area contributed by atoms with E-state index in [0.717, 1.165) is 23.3 Å². The lowest BCUT2D eigenvalue weighted by Crippen LogP contribution is -2.39. The molecule has 3 rings (SSSR count). The molecule has 1 aliphatic rings. The number of nitrogens with one attached hydrogen (secondary N) is 1. The van der Waals surface area contributed by atoms with Crippen LogP contribution in [0.25, 0.3) is 0 Å². The summed E-state index contributed by atoms with van der Waals surface area (Å²) in [5, 5.41) is 3.20. The predicted molar refractivity (Wildman–Crippen MR) is 121 cm³/mol. The van der Waals surface area contributed by atoms with E-state index in [4.69, 9.17) is 4.74 Å². The summed E-state index contributed by atoms with van der Waals surface area (Å²) in [6.45, 7) is 8.74. The van der Waals surface area contributed by atoms with Crippen LogP contribution in [0.15, 0.2) is 29.2 Å². The van der Waals surface area contributed by atoms with E-state index in [9.17, 15) is 18.0 Å². The molecule has 2 heterocycles. The number of esters is 1. The van der Waals surface area contributed by atoms with Gasteiger partial charge in [0.25, 0.3) is 5.91 Å². The average molecular weight is 465 g/mol. The first kappa shape index (κ1) is 23.4. The zero-order valence-electron chi connectivity index (χ0n) is 18.2. The van der Waals surface area contributed by atoms with Crippen molar-refractivity contribution in [3.8, 4) is 0 Å². The second-order valence-electron chi connectivity index (χ2n) is 7.80. The summed E-state index contributed by atoms with van der Waals surface area (Å²) in [5.74, 6) is -0.556. The van der Waals surface area contributed by atoms with Gasteiger partial charge in [0.1, 0.15) is 5.00 Å². The second-order valence-corrected chi connectivity index (χ2v) is 11.0. The number of sulfonamides is 1. The molecule has 0 aliphatic carbocycles. The number of aryl methyl sites for hydroxylation is 1. The first-order valence-electron chi connectivity index (χ1n) is 10.3. The Hall–Kier alpha value is -2.23.